The van der Waals surface area contributed by atoms with Gasteiger partial charge >= 0.3 is 0 Å². The first-order valence-electron chi connectivity index (χ1n) is 8.03. The summed E-state index contributed by atoms with van der Waals surface area (Å²) in [5.41, 5.74) is 1.13. The highest BCUT2D eigenvalue weighted by Crippen LogP contribution is 2.21. The van der Waals surface area contributed by atoms with Crippen molar-refractivity contribution in [1.29, 1.82) is 0 Å². The van der Waals surface area contributed by atoms with E-state index in [1.54, 1.807) is 6.07 Å². The summed E-state index contributed by atoms with van der Waals surface area (Å²) < 4.78 is 18.4. The van der Waals surface area contributed by atoms with Crippen LogP contribution in [-0.4, -0.2) is 22.5 Å². The fourth-order valence-electron chi connectivity index (χ4n) is 2.26. The van der Waals surface area contributed by atoms with Crippen LogP contribution >= 0.6 is 0 Å². The molecule has 0 unspecified atom stereocenters. The molecule has 0 aliphatic carbocycles. The maximum Gasteiger partial charge on any atom is 0.256 e. The van der Waals surface area contributed by atoms with Crippen LogP contribution in [0.4, 0.5) is 21.7 Å². The minimum absolute atomic E-state index is 0.331. The summed E-state index contributed by atoms with van der Waals surface area (Å²) in [6.07, 6.45) is 1.34. The highest BCUT2D eigenvalue weighted by molar-refractivity contribution is 6.03. The number of hydrogen-bond donors (Lipinski definition) is 2. The Balaban J connectivity index is 1.71. The van der Waals surface area contributed by atoms with Crippen molar-refractivity contribution in [3.63, 3.8) is 0 Å². The van der Waals surface area contributed by atoms with Crippen molar-refractivity contribution in [1.82, 2.24) is 9.97 Å². The molecule has 0 saturated carbocycles. The lowest BCUT2D eigenvalue weighted by Gasteiger charge is -2.09. The predicted octanol–water partition coefficient (Wildman–Crippen LogP) is 4.01. The number of carbonyl (C=O) groups is 1. The van der Waals surface area contributed by atoms with Gasteiger partial charge in [0.2, 0.25) is 0 Å². The molecule has 7 heteroatoms. The summed E-state index contributed by atoms with van der Waals surface area (Å²) in [6, 6.07) is 14.3. The smallest absolute Gasteiger partial charge is 0.256 e. The predicted molar refractivity (Wildman–Crippen MR) is 97.3 cm³/mol. The molecule has 1 amide bonds. The van der Waals surface area contributed by atoms with Crippen molar-refractivity contribution in [3.8, 4) is 5.75 Å². The topological polar surface area (TPSA) is 76.1 Å². The van der Waals surface area contributed by atoms with E-state index in [2.05, 4.69) is 20.6 Å². The number of rotatable bonds is 6. The maximum absolute atomic E-state index is 12.9. The summed E-state index contributed by atoms with van der Waals surface area (Å²) in [6.45, 7) is 2.50. The lowest BCUT2D eigenvalue weighted by Crippen LogP contribution is -2.13. The second kappa shape index (κ2) is 8.06. The number of ether oxygens (including phenoxy) is 1. The van der Waals surface area contributed by atoms with Crippen molar-refractivity contribution in [2.45, 2.75) is 6.92 Å². The monoisotopic (exact) mass is 352 g/mol. The van der Waals surface area contributed by atoms with Crippen LogP contribution in [-0.2, 0) is 0 Å². The number of benzene rings is 2. The van der Waals surface area contributed by atoms with Gasteiger partial charge in [0, 0.05) is 23.4 Å². The van der Waals surface area contributed by atoms with Gasteiger partial charge in [0.05, 0.1) is 6.61 Å². The summed E-state index contributed by atoms with van der Waals surface area (Å²) in [5, 5.41) is 5.79. The van der Waals surface area contributed by atoms with E-state index >= 15 is 0 Å². The zero-order chi connectivity index (χ0) is 18.4. The number of aromatic nitrogens is 2. The summed E-state index contributed by atoms with van der Waals surface area (Å²) in [5.74, 6) is 0.814. The van der Waals surface area contributed by atoms with Gasteiger partial charge in [-0.25, -0.2) is 14.4 Å². The summed E-state index contributed by atoms with van der Waals surface area (Å²) in [4.78, 5) is 20.3. The third-order valence-electron chi connectivity index (χ3n) is 3.43. The highest BCUT2D eigenvalue weighted by atomic mass is 19.1. The zero-order valence-electron chi connectivity index (χ0n) is 14.1. The van der Waals surface area contributed by atoms with Crippen LogP contribution in [0.1, 0.15) is 17.3 Å². The van der Waals surface area contributed by atoms with Crippen molar-refractivity contribution < 1.29 is 13.9 Å². The molecule has 0 fully saturated rings. The third-order valence-corrected chi connectivity index (χ3v) is 3.43. The lowest BCUT2D eigenvalue weighted by atomic mass is 10.2. The number of anilines is 3. The third kappa shape index (κ3) is 4.54. The Kier molecular flexibility index (Phi) is 5.38. The van der Waals surface area contributed by atoms with E-state index in [9.17, 15) is 9.18 Å². The Morgan fingerprint density at radius 1 is 1.08 bits per heavy atom. The Morgan fingerprint density at radius 2 is 1.85 bits per heavy atom. The normalized spacial score (nSPS) is 10.2. The van der Waals surface area contributed by atoms with Crippen LogP contribution in [0.3, 0.4) is 0 Å². The van der Waals surface area contributed by atoms with Gasteiger partial charge in [0.25, 0.3) is 5.91 Å². The quantitative estimate of drug-likeness (QED) is 0.701. The SMILES string of the molecule is CCOc1cccc(Nc2cc(NC(=O)c3ccc(F)cc3)ncn2)c1. The van der Waals surface area contributed by atoms with Crippen molar-refractivity contribution in [3.05, 3.63) is 72.3 Å². The van der Waals surface area contributed by atoms with Gasteiger partial charge in [-0.3, -0.25) is 4.79 Å². The Morgan fingerprint density at radius 3 is 2.62 bits per heavy atom. The van der Waals surface area contributed by atoms with E-state index in [-0.39, 0.29) is 5.91 Å². The van der Waals surface area contributed by atoms with Gasteiger partial charge < -0.3 is 15.4 Å². The van der Waals surface area contributed by atoms with Crippen LogP contribution in [0.25, 0.3) is 0 Å². The number of amides is 1. The van der Waals surface area contributed by atoms with Crippen LogP contribution in [0, 0.1) is 5.82 Å². The molecule has 3 rings (SSSR count). The standard InChI is InChI=1S/C19H17FN4O2/c1-2-26-16-5-3-4-15(10-16)23-17-11-18(22-12-21-17)24-19(25)13-6-8-14(20)9-7-13/h3-12H,2H2,1H3,(H2,21,22,23,24,25). The summed E-state index contributed by atoms with van der Waals surface area (Å²) in [7, 11) is 0. The molecule has 26 heavy (non-hydrogen) atoms. The van der Waals surface area contributed by atoms with Crippen LogP contribution in [0.2, 0.25) is 0 Å². The van der Waals surface area contributed by atoms with Crippen molar-refractivity contribution >= 4 is 23.2 Å². The van der Waals surface area contributed by atoms with Crippen LogP contribution in [0.15, 0.2) is 60.9 Å². The van der Waals surface area contributed by atoms with E-state index < -0.39 is 5.82 Å². The molecule has 0 saturated heterocycles. The fourth-order valence-corrected chi connectivity index (χ4v) is 2.26. The lowest BCUT2D eigenvalue weighted by molar-refractivity contribution is 0.102. The first-order chi connectivity index (χ1) is 12.6. The Bertz CT molecular complexity index is 900. The number of halogens is 1. The Labute approximate surface area is 150 Å². The molecule has 0 atom stereocenters. The maximum atomic E-state index is 12.9. The molecule has 132 valence electrons. The molecule has 0 aliphatic rings. The molecule has 0 spiro atoms. The molecular formula is C19H17FN4O2. The fraction of sp³-hybridized carbons (Fsp3) is 0.105. The molecule has 0 radical (unpaired) electrons. The highest BCUT2D eigenvalue weighted by Gasteiger charge is 2.08. The molecular weight excluding hydrogens is 335 g/mol. The van der Waals surface area contributed by atoms with E-state index in [1.807, 2.05) is 31.2 Å². The van der Waals surface area contributed by atoms with E-state index in [1.165, 1.54) is 30.6 Å². The van der Waals surface area contributed by atoms with Gasteiger partial charge in [-0.05, 0) is 43.3 Å². The minimum Gasteiger partial charge on any atom is -0.494 e. The number of nitrogens with zero attached hydrogens (tertiary/aromatic N) is 2. The van der Waals surface area contributed by atoms with E-state index in [0.29, 0.717) is 23.8 Å². The molecule has 0 aliphatic heterocycles. The first-order valence-corrected chi connectivity index (χ1v) is 8.03. The van der Waals surface area contributed by atoms with Gasteiger partial charge in [-0.2, -0.15) is 0 Å². The van der Waals surface area contributed by atoms with E-state index in [0.717, 1.165) is 11.4 Å². The van der Waals surface area contributed by atoms with Crippen molar-refractivity contribution in [2.24, 2.45) is 0 Å². The number of nitrogens with one attached hydrogen (secondary N) is 2. The molecule has 0 bridgehead atoms. The first kappa shape index (κ1) is 17.3. The summed E-state index contributed by atoms with van der Waals surface area (Å²) >= 11 is 0. The second-order valence-corrected chi connectivity index (χ2v) is 5.34. The number of hydrogen-bond acceptors (Lipinski definition) is 5. The van der Waals surface area contributed by atoms with Gasteiger partial charge in [-0.15, -0.1) is 0 Å². The number of carbonyl (C=O) groups excluding carboxylic acids is 1. The average molecular weight is 352 g/mol. The second-order valence-electron chi connectivity index (χ2n) is 5.34. The van der Waals surface area contributed by atoms with Crippen molar-refractivity contribution in [2.75, 3.05) is 17.2 Å². The average Bonchev–Trinajstić information content (AvgIpc) is 2.63. The van der Waals surface area contributed by atoms with Gasteiger partial charge in [-0.1, -0.05) is 6.07 Å². The minimum atomic E-state index is -0.399. The molecule has 1 aromatic heterocycles. The van der Waals surface area contributed by atoms with Gasteiger partial charge in [0.1, 0.15) is 29.5 Å². The molecule has 2 aromatic carbocycles. The molecule has 6 nitrogen and oxygen atoms in total. The molecule has 1 heterocycles. The molecule has 2 N–H and O–H groups in total. The van der Waals surface area contributed by atoms with Gasteiger partial charge in [0.15, 0.2) is 0 Å². The molecule has 3 aromatic rings. The van der Waals surface area contributed by atoms with Crippen LogP contribution in [0.5, 0.6) is 5.75 Å². The van der Waals surface area contributed by atoms with E-state index in [4.69, 9.17) is 4.74 Å². The Hall–Kier alpha value is -3.48. The largest absolute Gasteiger partial charge is 0.494 e. The van der Waals surface area contributed by atoms with Crippen LogP contribution < -0.4 is 15.4 Å². The zero-order valence-corrected chi connectivity index (χ0v) is 14.1.